The molecular formula is C63H39NOS. The molecular weight excluding hydrogens is 819 g/mol. The number of fused-ring (bicyclic) bond motifs is 16. The summed E-state index contributed by atoms with van der Waals surface area (Å²) < 4.78 is 9.79. The second kappa shape index (κ2) is 14.4. The molecule has 66 heavy (non-hydrogen) atoms. The first kappa shape index (κ1) is 37.2. The fourth-order valence-corrected chi connectivity index (χ4v) is 12.4. The Balaban J connectivity index is 0.969. The Labute approximate surface area is 386 Å². The maximum atomic E-state index is 7.21. The lowest BCUT2D eigenvalue weighted by Gasteiger charge is -2.40. The molecule has 0 unspecified atom stereocenters. The van der Waals surface area contributed by atoms with Crippen molar-refractivity contribution in [2.24, 2.45) is 0 Å². The molecule has 1 aliphatic heterocycles. The molecule has 0 bridgehead atoms. The van der Waals surface area contributed by atoms with Crippen LogP contribution in [-0.4, -0.2) is 0 Å². The summed E-state index contributed by atoms with van der Waals surface area (Å²) in [6.45, 7) is 0. The number of hydrogen-bond acceptors (Lipinski definition) is 3. The van der Waals surface area contributed by atoms with Crippen LogP contribution in [0.3, 0.4) is 0 Å². The van der Waals surface area contributed by atoms with Crippen LogP contribution in [0.2, 0.25) is 0 Å². The van der Waals surface area contributed by atoms with Crippen molar-refractivity contribution >= 4 is 70.1 Å². The minimum atomic E-state index is -0.608. The Morgan fingerprint density at radius 3 is 1.59 bits per heavy atom. The molecule has 308 valence electrons. The van der Waals surface area contributed by atoms with Crippen molar-refractivity contribution in [1.82, 2.24) is 0 Å². The van der Waals surface area contributed by atoms with E-state index in [0.29, 0.717) is 0 Å². The summed E-state index contributed by atoms with van der Waals surface area (Å²) >= 11 is 1.86. The fourth-order valence-electron chi connectivity index (χ4n) is 11.3. The molecule has 1 aliphatic carbocycles. The maximum absolute atomic E-state index is 7.21. The van der Waals surface area contributed by atoms with Gasteiger partial charge in [0.1, 0.15) is 11.5 Å². The fraction of sp³-hybridized carbons (Fsp3) is 0.0159. The van der Waals surface area contributed by atoms with Crippen LogP contribution in [0, 0.1) is 0 Å². The van der Waals surface area contributed by atoms with Crippen LogP contribution in [0.4, 0.5) is 17.1 Å². The number of nitrogens with zero attached hydrogens (tertiary/aromatic N) is 1. The van der Waals surface area contributed by atoms with Gasteiger partial charge in [-0.25, -0.2) is 0 Å². The molecule has 2 aliphatic rings. The molecule has 1 spiro atoms. The highest BCUT2D eigenvalue weighted by Gasteiger charge is 2.52. The number of thiophene rings is 1. The molecule has 14 rings (SSSR count). The van der Waals surface area contributed by atoms with Crippen molar-refractivity contribution in [1.29, 1.82) is 0 Å². The lowest BCUT2D eigenvalue weighted by Crippen LogP contribution is -2.32. The third-order valence-electron chi connectivity index (χ3n) is 14.1. The van der Waals surface area contributed by atoms with Crippen LogP contribution >= 0.6 is 11.3 Å². The molecule has 0 saturated heterocycles. The van der Waals surface area contributed by atoms with E-state index in [2.05, 4.69) is 241 Å². The topological polar surface area (TPSA) is 12.5 Å². The average Bonchev–Trinajstić information content (AvgIpc) is 3.92. The summed E-state index contributed by atoms with van der Waals surface area (Å²) in [7, 11) is 0. The third kappa shape index (κ3) is 5.29. The zero-order valence-electron chi connectivity index (χ0n) is 35.8. The van der Waals surface area contributed by atoms with Gasteiger partial charge in [0, 0.05) is 53.4 Å². The van der Waals surface area contributed by atoms with Gasteiger partial charge in [0.2, 0.25) is 0 Å². The van der Waals surface area contributed by atoms with Crippen molar-refractivity contribution in [2.75, 3.05) is 4.90 Å². The van der Waals surface area contributed by atoms with Gasteiger partial charge in [0.25, 0.3) is 0 Å². The zero-order valence-corrected chi connectivity index (χ0v) is 36.6. The van der Waals surface area contributed by atoms with Crippen molar-refractivity contribution < 1.29 is 4.74 Å². The molecule has 0 N–H and O–H groups in total. The highest BCUT2D eigenvalue weighted by Crippen LogP contribution is 2.65. The number of hydrogen-bond donors (Lipinski definition) is 0. The van der Waals surface area contributed by atoms with E-state index in [1.54, 1.807) is 0 Å². The average molecular weight is 858 g/mol. The second-order valence-corrected chi connectivity index (χ2v) is 18.6. The highest BCUT2D eigenvalue weighted by molar-refractivity contribution is 7.26. The van der Waals surface area contributed by atoms with Gasteiger partial charge in [0.05, 0.1) is 11.1 Å². The molecule has 0 saturated carbocycles. The maximum Gasteiger partial charge on any atom is 0.140 e. The van der Waals surface area contributed by atoms with Gasteiger partial charge in [-0.2, -0.15) is 0 Å². The van der Waals surface area contributed by atoms with E-state index in [0.717, 1.165) is 33.6 Å². The lowest BCUT2D eigenvalue weighted by atomic mass is 9.65. The lowest BCUT2D eigenvalue weighted by molar-refractivity contribution is 0.447. The van der Waals surface area contributed by atoms with Gasteiger partial charge in [0.15, 0.2) is 0 Å². The largest absolute Gasteiger partial charge is 0.455 e. The summed E-state index contributed by atoms with van der Waals surface area (Å²) in [5.74, 6) is 1.86. The molecule has 0 atom stereocenters. The number of benzene rings is 11. The summed E-state index contributed by atoms with van der Waals surface area (Å²) in [5, 5.41) is 7.13. The van der Waals surface area contributed by atoms with E-state index in [4.69, 9.17) is 4.74 Å². The van der Waals surface area contributed by atoms with Gasteiger partial charge < -0.3 is 9.64 Å². The van der Waals surface area contributed by atoms with Crippen LogP contribution in [0.1, 0.15) is 22.3 Å². The van der Waals surface area contributed by atoms with Crippen LogP contribution < -0.4 is 9.64 Å². The molecule has 11 aromatic carbocycles. The number of ether oxygens (including phenoxy) is 1. The Bertz CT molecular complexity index is 3820. The summed E-state index contributed by atoms with van der Waals surface area (Å²) in [4.78, 5) is 2.43. The Morgan fingerprint density at radius 1 is 0.348 bits per heavy atom. The smallest absolute Gasteiger partial charge is 0.140 e. The monoisotopic (exact) mass is 857 g/mol. The van der Waals surface area contributed by atoms with Crippen molar-refractivity contribution in [2.45, 2.75) is 5.41 Å². The zero-order chi connectivity index (χ0) is 43.3. The van der Waals surface area contributed by atoms with Crippen LogP contribution in [0.5, 0.6) is 11.5 Å². The van der Waals surface area contributed by atoms with Crippen LogP contribution in [0.15, 0.2) is 237 Å². The van der Waals surface area contributed by atoms with Gasteiger partial charge in [-0.15, -0.1) is 11.3 Å². The van der Waals surface area contributed by atoms with Crippen molar-refractivity contribution in [3.63, 3.8) is 0 Å². The van der Waals surface area contributed by atoms with Crippen molar-refractivity contribution in [3.8, 4) is 44.9 Å². The minimum absolute atomic E-state index is 0.608. The molecule has 3 heteroatoms. The standard InChI is InChI=1S/C63H39NOS/c1-2-14-40(15-3-1)41-28-34-45(35-29-41)64(56-25-13-27-58-60(56)51-21-9-11-26-57(51)66-58)46-36-30-44(31-37-46)47-22-12-24-53-59(47)50-20-8-10-23-52(50)63(53)54-38-32-42-16-4-6-18-48(42)61(54)65-62-49-19-7-5-17-43(49)33-39-55(62)63/h1-39H. The van der Waals surface area contributed by atoms with Crippen LogP contribution in [-0.2, 0) is 5.41 Å². The minimum Gasteiger partial charge on any atom is -0.455 e. The Hall–Kier alpha value is -8.24. The molecule has 0 amide bonds. The van der Waals surface area contributed by atoms with E-state index < -0.39 is 5.41 Å². The van der Waals surface area contributed by atoms with Gasteiger partial charge in [-0.1, -0.05) is 194 Å². The second-order valence-electron chi connectivity index (χ2n) is 17.5. The molecule has 1 aromatic heterocycles. The third-order valence-corrected chi connectivity index (χ3v) is 15.3. The van der Waals surface area contributed by atoms with E-state index >= 15 is 0 Å². The normalized spacial score (nSPS) is 13.1. The first-order valence-corrected chi connectivity index (χ1v) is 23.5. The van der Waals surface area contributed by atoms with E-state index in [1.165, 1.54) is 92.3 Å². The number of anilines is 3. The predicted octanol–water partition coefficient (Wildman–Crippen LogP) is 17.6. The highest BCUT2D eigenvalue weighted by atomic mass is 32.1. The molecule has 12 aromatic rings. The first-order valence-electron chi connectivity index (χ1n) is 22.7. The summed E-state index contributed by atoms with van der Waals surface area (Å²) in [6.07, 6.45) is 0. The van der Waals surface area contributed by atoms with E-state index in [9.17, 15) is 0 Å². The Morgan fingerprint density at radius 2 is 0.879 bits per heavy atom. The van der Waals surface area contributed by atoms with Crippen molar-refractivity contribution in [3.05, 3.63) is 259 Å². The van der Waals surface area contributed by atoms with Gasteiger partial charge >= 0.3 is 0 Å². The van der Waals surface area contributed by atoms with Gasteiger partial charge in [-0.3, -0.25) is 0 Å². The first-order chi connectivity index (χ1) is 32.7. The quantitative estimate of drug-likeness (QED) is 0.171. The van der Waals surface area contributed by atoms with E-state index in [-0.39, 0.29) is 0 Å². The number of rotatable bonds is 5. The molecule has 2 nitrogen and oxygen atoms in total. The van der Waals surface area contributed by atoms with Gasteiger partial charge in [-0.05, 0) is 97.7 Å². The molecule has 2 heterocycles. The van der Waals surface area contributed by atoms with E-state index in [1.807, 2.05) is 11.3 Å². The molecule has 0 fully saturated rings. The summed E-state index contributed by atoms with van der Waals surface area (Å²) in [6, 6.07) is 86.9. The van der Waals surface area contributed by atoms with Crippen LogP contribution in [0.25, 0.3) is 75.1 Å². The SMILES string of the molecule is c1ccc(-c2ccc(N(c3ccc(-c4cccc5c4-c4ccccc4C54c5ccc6ccccc6c5Oc5c4ccc4ccccc54)cc3)c3cccc4sc5ccccc5c34)cc2)cc1. The molecule has 0 radical (unpaired) electrons. The predicted molar refractivity (Wildman–Crippen MR) is 277 cm³/mol. The summed E-state index contributed by atoms with van der Waals surface area (Å²) in [5.41, 5.74) is 15.0. The Kier molecular flexibility index (Phi) is 8.10.